The molecule has 9 nitrogen and oxygen atoms in total. The number of hydrogen-bond donors (Lipinski definition) is 2. The number of pyridine rings is 1. The molecule has 0 aliphatic carbocycles. The van der Waals surface area contributed by atoms with Gasteiger partial charge in [0.1, 0.15) is 10.6 Å². The molecule has 0 saturated heterocycles. The maximum absolute atomic E-state index is 12.7. The Hall–Kier alpha value is -3.15. The Morgan fingerprint density at radius 2 is 1.75 bits per heavy atom. The van der Waals surface area contributed by atoms with Crippen LogP contribution in [0.25, 0.3) is 11.3 Å². The number of nitrogens with zero attached hydrogens (tertiary/aromatic N) is 1. The van der Waals surface area contributed by atoms with Gasteiger partial charge in [0.15, 0.2) is 0 Å². The summed E-state index contributed by atoms with van der Waals surface area (Å²) in [4.78, 5) is 16.4. The monoisotopic (exact) mass is 495 g/mol. The zero-order chi connectivity index (χ0) is 23.5. The molecule has 0 radical (unpaired) electrons. The molecule has 1 amide bonds. The van der Waals surface area contributed by atoms with Crippen LogP contribution in [0.5, 0.6) is 5.75 Å². The Labute approximate surface area is 190 Å². The zero-order valence-electron chi connectivity index (χ0n) is 16.9. The first-order valence-electron chi connectivity index (χ1n) is 8.94. The molecule has 0 saturated carbocycles. The highest BCUT2D eigenvalue weighted by molar-refractivity contribution is 7.92. The van der Waals surface area contributed by atoms with E-state index in [4.69, 9.17) is 16.3 Å². The van der Waals surface area contributed by atoms with Crippen LogP contribution < -0.4 is 14.2 Å². The van der Waals surface area contributed by atoms with Gasteiger partial charge >= 0.3 is 0 Å². The highest BCUT2D eigenvalue weighted by Gasteiger charge is 2.22. The molecule has 0 spiro atoms. The van der Waals surface area contributed by atoms with E-state index in [1.54, 1.807) is 24.3 Å². The van der Waals surface area contributed by atoms with E-state index in [1.807, 2.05) is 4.72 Å². The highest BCUT2D eigenvalue weighted by atomic mass is 35.5. The molecular weight excluding hydrogens is 478 g/mol. The van der Waals surface area contributed by atoms with Crippen molar-refractivity contribution in [3.63, 3.8) is 0 Å². The average Bonchev–Trinajstić information content (AvgIpc) is 2.72. The Bertz CT molecular complexity index is 1370. The largest absolute Gasteiger partial charge is 0.496 e. The summed E-state index contributed by atoms with van der Waals surface area (Å²) in [6.07, 6.45) is 2.09. The summed E-state index contributed by atoms with van der Waals surface area (Å²) in [6.45, 7) is 0. The van der Waals surface area contributed by atoms with Gasteiger partial charge in [-0.1, -0.05) is 29.8 Å². The van der Waals surface area contributed by atoms with Crippen molar-refractivity contribution in [1.29, 1.82) is 0 Å². The van der Waals surface area contributed by atoms with Crippen molar-refractivity contribution in [3.05, 3.63) is 71.4 Å². The van der Waals surface area contributed by atoms with Crippen LogP contribution in [0.2, 0.25) is 5.02 Å². The molecule has 0 atom stereocenters. The van der Waals surface area contributed by atoms with Crippen molar-refractivity contribution in [2.75, 3.05) is 18.1 Å². The van der Waals surface area contributed by atoms with Gasteiger partial charge in [-0.3, -0.25) is 14.5 Å². The number of halogens is 1. The van der Waals surface area contributed by atoms with Crippen LogP contribution in [0, 0.1) is 0 Å². The number of sulfonamides is 2. The fourth-order valence-electron chi connectivity index (χ4n) is 2.78. The standard InChI is InChI=1S/C20H18ClN3O6S2/c1-30-19-11-13(21)7-9-16(19)20(25)24-32(28,29)14-8-10-17(22-12-14)15-5-3-4-6-18(15)23-31(2,26)27/h3-12,23H,1-2H3,(H,24,25). The lowest BCUT2D eigenvalue weighted by molar-refractivity contribution is 0.0978. The summed E-state index contributed by atoms with van der Waals surface area (Å²) < 4.78 is 57.9. The molecule has 2 N–H and O–H groups in total. The minimum Gasteiger partial charge on any atom is -0.496 e. The molecule has 0 fully saturated rings. The number of amides is 1. The molecule has 0 unspecified atom stereocenters. The molecule has 168 valence electrons. The van der Waals surface area contributed by atoms with Gasteiger partial charge in [0, 0.05) is 16.8 Å². The molecule has 0 bridgehead atoms. The van der Waals surface area contributed by atoms with E-state index in [0.29, 0.717) is 22.0 Å². The Kier molecular flexibility index (Phi) is 6.72. The van der Waals surface area contributed by atoms with Gasteiger partial charge < -0.3 is 4.74 Å². The van der Waals surface area contributed by atoms with E-state index in [2.05, 4.69) is 9.71 Å². The molecule has 0 aliphatic rings. The molecule has 12 heteroatoms. The number of anilines is 1. The summed E-state index contributed by atoms with van der Waals surface area (Å²) in [6, 6.07) is 13.4. The number of hydrogen-bond acceptors (Lipinski definition) is 7. The van der Waals surface area contributed by atoms with Crippen LogP contribution in [-0.4, -0.2) is 41.1 Å². The van der Waals surface area contributed by atoms with Crippen molar-refractivity contribution < 1.29 is 26.4 Å². The number of rotatable bonds is 7. The maximum atomic E-state index is 12.7. The fourth-order valence-corrected chi connectivity index (χ4v) is 4.43. The highest BCUT2D eigenvalue weighted by Crippen LogP contribution is 2.28. The third-order valence-electron chi connectivity index (χ3n) is 4.18. The SMILES string of the molecule is COc1cc(Cl)ccc1C(=O)NS(=O)(=O)c1ccc(-c2ccccc2NS(C)(=O)=O)nc1. The summed E-state index contributed by atoms with van der Waals surface area (Å²) in [5, 5.41) is 0.326. The third-order valence-corrected chi connectivity index (χ3v) is 6.32. The van der Waals surface area contributed by atoms with Gasteiger partial charge in [-0.25, -0.2) is 21.6 Å². The van der Waals surface area contributed by atoms with Crippen LogP contribution in [-0.2, 0) is 20.0 Å². The fraction of sp³-hybridized carbons (Fsp3) is 0.100. The maximum Gasteiger partial charge on any atom is 0.268 e. The lowest BCUT2D eigenvalue weighted by Crippen LogP contribution is -2.31. The lowest BCUT2D eigenvalue weighted by Gasteiger charge is -2.12. The number of benzene rings is 2. The molecular formula is C20H18ClN3O6S2. The lowest BCUT2D eigenvalue weighted by atomic mass is 10.1. The van der Waals surface area contributed by atoms with Gasteiger partial charge in [-0.05, 0) is 36.4 Å². The van der Waals surface area contributed by atoms with Crippen molar-refractivity contribution in [2.24, 2.45) is 0 Å². The predicted molar refractivity (Wildman–Crippen MR) is 121 cm³/mol. The van der Waals surface area contributed by atoms with Crippen LogP contribution >= 0.6 is 11.6 Å². The Balaban J connectivity index is 1.87. The molecule has 0 aliphatic heterocycles. The van der Waals surface area contributed by atoms with E-state index < -0.39 is 26.0 Å². The molecule has 32 heavy (non-hydrogen) atoms. The number of para-hydroxylation sites is 1. The summed E-state index contributed by atoms with van der Waals surface area (Å²) in [5.74, 6) is -0.779. The van der Waals surface area contributed by atoms with E-state index in [0.717, 1.165) is 12.5 Å². The van der Waals surface area contributed by atoms with Crippen molar-refractivity contribution in [3.8, 4) is 17.0 Å². The van der Waals surface area contributed by atoms with Gasteiger partial charge in [-0.2, -0.15) is 0 Å². The third kappa shape index (κ3) is 5.55. The zero-order valence-corrected chi connectivity index (χ0v) is 19.3. The Morgan fingerprint density at radius 1 is 1.03 bits per heavy atom. The predicted octanol–water partition coefficient (Wildman–Crippen LogP) is 2.90. The van der Waals surface area contributed by atoms with Gasteiger partial charge in [-0.15, -0.1) is 0 Å². The first-order valence-corrected chi connectivity index (χ1v) is 12.7. The number of carbonyl (C=O) groups is 1. The van der Waals surface area contributed by atoms with Gasteiger partial charge in [0.25, 0.3) is 15.9 Å². The van der Waals surface area contributed by atoms with E-state index in [9.17, 15) is 21.6 Å². The van der Waals surface area contributed by atoms with E-state index >= 15 is 0 Å². The molecule has 3 rings (SSSR count). The van der Waals surface area contributed by atoms with E-state index in [1.165, 1.54) is 37.4 Å². The second-order valence-electron chi connectivity index (χ2n) is 6.58. The smallest absolute Gasteiger partial charge is 0.268 e. The number of ether oxygens (including phenoxy) is 1. The van der Waals surface area contributed by atoms with E-state index in [-0.39, 0.29) is 16.2 Å². The molecule has 2 aromatic carbocycles. The summed E-state index contributed by atoms with van der Waals surface area (Å²) >= 11 is 5.87. The molecule has 3 aromatic rings. The quantitative estimate of drug-likeness (QED) is 0.515. The van der Waals surface area contributed by atoms with Gasteiger partial charge in [0.05, 0.1) is 30.3 Å². The topological polar surface area (TPSA) is 132 Å². The minimum absolute atomic E-state index is 0.00849. The first kappa shape index (κ1) is 23.5. The number of methoxy groups -OCH3 is 1. The summed E-state index contributed by atoms with van der Waals surface area (Å²) in [7, 11) is -6.44. The van der Waals surface area contributed by atoms with Crippen molar-refractivity contribution in [2.45, 2.75) is 4.90 Å². The minimum atomic E-state index is -4.24. The Morgan fingerprint density at radius 3 is 2.38 bits per heavy atom. The van der Waals surface area contributed by atoms with Gasteiger partial charge in [0.2, 0.25) is 10.0 Å². The summed E-state index contributed by atoms with van der Waals surface area (Å²) in [5.41, 5.74) is 1.07. The van der Waals surface area contributed by atoms with Crippen LogP contribution in [0.4, 0.5) is 5.69 Å². The average molecular weight is 496 g/mol. The van der Waals surface area contributed by atoms with Crippen LogP contribution in [0.15, 0.2) is 65.7 Å². The number of carbonyl (C=O) groups excluding carboxylic acids is 1. The van der Waals surface area contributed by atoms with Crippen LogP contribution in [0.1, 0.15) is 10.4 Å². The van der Waals surface area contributed by atoms with Crippen molar-refractivity contribution >= 4 is 43.2 Å². The van der Waals surface area contributed by atoms with Crippen molar-refractivity contribution in [1.82, 2.24) is 9.71 Å². The number of nitrogens with one attached hydrogen (secondary N) is 2. The molecule has 1 aromatic heterocycles. The molecule has 1 heterocycles. The first-order chi connectivity index (χ1) is 15.0. The second kappa shape index (κ2) is 9.15. The number of aromatic nitrogens is 1. The van der Waals surface area contributed by atoms with Crippen LogP contribution in [0.3, 0.4) is 0 Å². The second-order valence-corrected chi connectivity index (χ2v) is 10.4. The normalized spacial score (nSPS) is 11.6.